The molecule has 0 bridgehead atoms. The Morgan fingerprint density at radius 1 is 0.530 bits per heavy atom. The molecule has 9 heteroatoms. The van der Waals surface area contributed by atoms with Gasteiger partial charge in [-0.3, -0.25) is 4.79 Å². The molecule has 0 spiro atoms. The van der Waals surface area contributed by atoms with E-state index in [1.165, 1.54) is 135 Å². The largest absolute Gasteiger partial charge is 0.394 e. The molecule has 1 aliphatic heterocycles. The molecule has 0 aromatic carbocycles. The maximum Gasteiger partial charge on any atom is 0.220 e. The summed E-state index contributed by atoms with van der Waals surface area (Å²) in [5.74, 6) is -0.180. The maximum atomic E-state index is 13.0. The zero-order chi connectivity index (χ0) is 48.0. The van der Waals surface area contributed by atoms with E-state index in [9.17, 15) is 30.3 Å². The van der Waals surface area contributed by atoms with Crippen molar-refractivity contribution >= 4 is 5.91 Å². The molecule has 1 fully saturated rings. The lowest BCUT2D eigenvalue weighted by Crippen LogP contribution is -2.60. The molecule has 7 atom stereocenters. The normalized spacial score (nSPS) is 20.4. The number of aliphatic hydroxyl groups is 5. The number of unbranched alkanes of at least 4 members (excludes halogenated alkanes) is 25. The van der Waals surface area contributed by atoms with Crippen LogP contribution in [0.2, 0.25) is 0 Å². The van der Waals surface area contributed by atoms with Crippen LogP contribution < -0.4 is 5.32 Å². The highest BCUT2D eigenvalue weighted by Gasteiger charge is 2.44. The number of hydrogen-bond acceptors (Lipinski definition) is 8. The molecule has 6 N–H and O–H groups in total. The lowest BCUT2D eigenvalue weighted by molar-refractivity contribution is -0.302. The van der Waals surface area contributed by atoms with Gasteiger partial charge in [0.15, 0.2) is 6.29 Å². The summed E-state index contributed by atoms with van der Waals surface area (Å²) < 4.78 is 11.2. The maximum absolute atomic E-state index is 13.0. The van der Waals surface area contributed by atoms with Gasteiger partial charge in [-0.1, -0.05) is 228 Å². The highest BCUT2D eigenvalue weighted by molar-refractivity contribution is 5.76. The van der Waals surface area contributed by atoms with Crippen LogP contribution in [-0.2, 0) is 14.3 Å². The van der Waals surface area contributed by atoms with Crippen molar-refractivity contribution < 1.29 is 39.8 Å². The molecule has 7 unspecified atom stereocenters. The third-order valence-corrected chi connectivity index (χ3v) is 12.5. The SMILES string of the molecule is CC/C=C\C/C=C\C/C=C\C/C=C\C/C=C\CCCCCCCCCCCCCCCCCC(=O)NC(COC1OC(CO)C(O)C(O)C1O)C(O)/C=C/CCCCCCCCCCCC. The average Bonchev–Trinajstić information content (AvgIpc) is 3.32. The van der Waals surface area contributed by atoms with Crippen molar-refractivity contribution in [2.75, 3.05) is 13.2 Å². The summed E-state index contributed by atoms with van der Waals surface area (Å²) in [4.78, 5) is 13.0. The summed E-state index contributed by atoms with van der Waals surface area (Å²) in [7, 11) is 0. The molecule has 0 aromatic heterocycles. The summed E-state index contributed by atoms with van der Waals surface area (Å²) in [6, 6.07) is -0.806. The van der Waals surface area contributed by atoms with Crippen molar-refractivity contribution in [3.05, 3.63) is 72.9 Å². The Labute approximate surface area is 404 Å². The third kappa shape index (κ3) is 35.7. The molecule has 0 radical (unpaired) electrons. The Hall–Kier alpha value is -2.37. The van der Waals surface area contributed by atoms with Gasteiger partial charge in [0.25, 0.3) is 0 Å². The first-order valence-corrected chi connectivity index (χ1v) is 27.2. The number of allylic oxidation sites excluding steroid dienone is 11. The molecule has 66 heavy (non-hydrogen) atoms. The first-order valence-electron chi connectivity index (χ1n) is 27.2. The van der Waals surface area contributed by atoms with Crippen LogP contribution in [0.25, 0.3) is 0 Å². The van der Waals surface area contributed by atoms with Crippen molar-refractivity contribution in [3.8, 4) is 0 Å². The standard InChI is InChI=1S/C57H101NO8/c1-3-5-7-9-11-13-15-17-18-19-20-21-22-23-24-25-26-27-28-29-30-31-32-33-34-35-37-39-41-43-45-47-53(61)58-50(49-65-57-56(64)55(63)54(62)52(48-59)66-57)51(60)46-44-42-40-38-36-16-14-12-10-8-6-4-2/h5,7,11,13,17-18,20-21,23-24,44,46,50-52,54-57,59-60,62-64H,3-4,6,8-10,12,14-16,19,22,25-43,45,47-49H2,1-2H3,(H,58,61)/b7-5-,13-11-,18-17-,21-20-,24-23-,46-44+. The Kier molecular flexibility index (Phi) is 43.3. The zero-order valence-corrected chi connectivity index (χ0v) is 42.2. The van der Waals surface area contributed by atoms with E-state index in [4.69, 9.17) is 9.47 Å². The molecule has 9 nitrogen and oxygen atoms in total. The Balaban J connectivity index is 2.16. The summed E-state index contributed by atoms with van der Waals surface area (Å²) in [6.07, 6.45) is 56.8. The number of carbonyl (C=O) groups excluding carboxylic acids is 1. The monoisotopic (exact) mass is 928 g/mol. The third-order valence-electron chi connectivity index (χ3n) is 12.5. The van der Waals surface area contributed by atoms with Crippen LogP contribution in [0.5, 0.6) is 0 Å². The van der Waals surface area contributed by atoms with E-state index in [0.29, 0.717) is 6.42 Å². The Morgan fingerprint density at radius 3 is 1.39 bits per heavy atom. The number of amides is 1. The number of hydrogen-bond donors (Lipinski definition) is 6. The first kappa shape index (κ1) is 61.6. The van der Waals surface area contributed by atoms with Crippen molar-refractivity contribution in [1.82, 2.24) is 5.32 Å². The van der Waals surface area contributed by atoms with Crippen LogP contribution in [0.15, 0.2) is 72.9 Å². The molecule has 1 amide bonds. The fourth-order valence-corrected chi connectivity index (χ4v) is 8.24. The van der Waals surface area contributed by atoms with E-state index < -0.39 is 49.5 Å². The van der Waals surface area contributed by atoms with Crippen LogP contribution in [0, 0.1) is 0 Å². The van der Waals surface area contributed by atoms with Gasteiger partial charge in [0, 0.05) is 6.42 Å². The minimum absolute atomic E-state index is 0.180. The van der Waals surface area contributed by atoms with Gasteiger partial charge in [-0.15, -0.1) is 0 Å². The van der Waals surface area contributed by atoms with E-state index in [0.717, 1.165) is 70.6 Å². The van der Waals surface area contributed by atoms with Gasteiger partial charge >= 0.3 is 0 Å². The molecule has 0 aliphatic carbocycles. The molecule has 382 valence electrons. The second-order valence-electron chi connectivity index (χ2n) is 18.6. The molecular formula is C57H101NO8. The molecule has 1 aliphatic rings. The minimum atomic E-state index is -1.57. The quantitative estimate of drug-likeness (QED) is 0.0261. The minimum Gasteiger partial charge on any atom is -0.394 e. The van der Waals surface area contributed by atoms with Gasteiger partial charge in [-0.25, -0.2) is 0 Å². The summed E-state index contributed by atoms with van der Waals surface area (Å²) in [5.41, 5.74) is 0. The fraction of sp³-hybridized carbons (Fsp3) is 0.772. The number of ether oxygens (including phenoxy) is 2. The first-order chi connectivity index (χ1) is 32.3. The van der Waals surface area contributed by atoms with Gasteiger partial charge in [0.2, 0.25) is 5.91 Å². The van der Waals surface area contributed by atoms with Gasteiger partial charge in [0.1, 0.15) is 24.4 Å². The molecule has 0 aromatic rings. The van der Waals surface area contributed by atoms with Crippen molar-refractivity contribution in [2.24, 2.45) is 0 Å². The fourth-order valence-electron chi connectivity index (χ4n) is 8.24. The van der Waals surface area contributed by atoms with Gasteiger partial charge in [0.05, 0.1) is 25.4 Å². The highest BCUT2D eigenvalue weighted by atomic mass is 16.7. The lowest BCUT2D eigenvalue weighted by Gasteiger charge is -2.40. The van der Waals surface area contributed by atoms with Gasteiger partial charge in [-0.2, -0.15) is 0 Å². The van der Waals surface area contributed by atoms with E-state index in [1.807, 2.05) is 6.08 Å². The highest BCUT2D eigenvalue weighted by Crippen LogP contribution is 2.23. The van der Waals surface area contributed by atoms with Crippen LogP contribution in [0.4, 0.5) is 0 Å². The van der Waals surface area contributed by atoms with Crippen LogP contribution in [0.3, 0.4) is 0 Å². The number of carbonyl (C=O) groups is 1. The van der Waals surface area contributed by atoms with Crippen LogP contribution >= 0.6 is 0 Å². The van der Waals surface area contributed by atoms with E-state index in [1.54, 1.807) is 6.08 Å². The number of aliphatic hydroxyl groups excluding tert-OH is 5. The number of nitrogens with one attached hydrogen (secondary N) is 1. The van der Waals surface area contributed by atoms with E-state index in [2.05, 4.69) is 79.9 Å². The smallest absolute Gasteiger partial charge is 0.220 e. The van der Waals surface area contributed by atoms with Gasteiger partial charge < -0.3 is 40.3 Å². The Bertz CT molecular complexity index is 1260. The van der Waals surface area contributed by atoms with E-state index >= 15 is 0 Å². The molecule has 0 saturated carbocycles. The summed E-state index contributed by atoms with van der Waals surface area (Å²) in [6.45, 7) is 3.65. The summed E-state index contributed by atoms with van der Waals surface area (Å²) in [5, 5.41) is 54.3. The zero-order valence-electron chi connectivity index (χ0n) is 42.2. The van der Waals surface area contributed by atoms with Crippen LogP contribution in [-0.4, -0.2) is 87.5 Å². The Morgan fingerprint density at radius 2 is 0.939 bits per heavy atom. The summed E-state index contributed by atoms with van der Waals surface area (Å²) >= 11 is 0. The van der Waals surface area contributed by atoms with E-state index in [-0.39, 0.29) is 12.5 Å². The molecule has 1 saturated heterocycles. The van der Waals surface area contributed by atoms with Crippen molar-refractivity contribution in [1.29, 1.82) is 0 Å². The van der Waals surface area contributed by atoms with Gasteiger partial charge in [-0.05, 0) is 64.2 Å². The average molecular weight is 928 g/mol. The predicted octanol–water partition coefficient (Wildman–Crippen LogP) is 12.9. The second-order valence-corrected chi connectivity index (χ2v) is 18.6. The molecule has 1 heterocycles. The molecule has 1 rings (SSSR count). The topological polar surface area (TPSA) is 149 Å². The second kappa shape index (κ2) is 46.4. The number of rotatable bonds is 45. The molecular weight excluding hydrogens is 827 g/mol. The lowest BCUT2D eigenvalue weighted by atomic mass is 9.99. The predicted molar refractivity (Wildman–Crippen MR) is 276 cm³/mol. The van der Waals surface area contributed by atoms with Crippen LogP contribution in [0.1, 0.15) is 226 Å². The van der Waals surface area contributed by atoms with Crippen molar-refractivity contribution in [3.63, 3.8) is 0 Å². The van der Waals surface area contributed by atoms with Crippen molar-refractivity contribution in [2.45, 2.75) is 269 Å².